The number of hydrogen-bond donors (Lipinski definition) is 0. The third kappa shape index (κ3) is 3.78. The van der Waals surface area contributed by atoms with Crippen molar-refractivity contribution in [1.82, 2.24) is 30.1 Å². The summed E-state index contributed by atoms with van der Waals surface area (Å²) in [5.74, 6) is 1.62. The molecule has 0 amide bonds. The fourth-order valence-corrected chi connectivity index (χ4v) is 3.07. The second kappa shape index (κ2) is 7.16. The van der Waals surface area contributed by atoms with Crippen LogP contribution in [0.25, 0.3) is 11.4 Å². The van der Waals surface area contributed by atoms with Crippen LogP contribution >= 0.6 is 11.6 Å². The molecular formula is C17H18ClN7. The monoisotopic (exact) mass is 355 g/mol. The second-order valence-corrected chi connectivity index (χ2v) is 6.37. The maximum atomic E-state index is 6.02. The summed E-state index contributed by atoms with van der Waals surface area (Å²) >= 11 is 6.02. The van der Waals surface area contributed by atoms with Gasteiger partial charge in [0.15, 0.2) is 0 Å². The lowest BCUT2D eigenvalue weighted by molar-refractivity contribution is 0.182. The van der Waals surface area contributed by atoms with Crippen molar-refractivity contribution in [2.24, 2.45) is 0 Å². The zero-order chi connectivity index (χ0) is 17.1. The first-order chi connectivity index (χ1) is 12.3. The Morgan fingerprint density at radius 1 is 1.00 bits per heavy atom. The van der Waals surface area contributed by atoms with Crippen molar-refractivity contribution >= 4 is 17.4 Å². The zero-order valence-corrected chi connectivity index (χ0v) is 14.4. The molecule has 0 spiro atoms. The van der Waals surface area contributed by atoms with Crippen LogP contribution in [0.1, 0.15) is 0 Å². The second-order valence-electron chi connectivity index (χ2n) is 5.93. The van der Waals surface area contributed by atoms with E-state index in [0.29, 0.717) is 17.5 Å². The van der Waals surface area contributed by atoms with E-state index in [9.17, 15) is 0 Å². The highest BCUT2D eigenvalue weighted by atomic mass is 35.5. The van der Waals surface area contributed by atoms with Gasteiger partial charge in [-0.3, -0.25) is 4.90 Å². The molecule has 3 heterocycles. The molecule has 0 unspecified atom stereocenters. The van der Waals surface area contributed by atoms with E-state index in [-0.39, 0.29) is 0 Å². The van der Waals surface area contributed by atoms with E-state index in [1.807, 2.05) is 48.7 Å². The molecule has 0 aliphatic carbocycles. The lowest BCUT2D eigenvalue weighted by Gasteiger charge is -2.34. The Balaban J connectivity index is 1.36. The number of pyridine rings is 1. The summed E-state index contributed by atoms with van der Waals surface area (Å²) in [6.45, 7) is 4.37. The van der Waals surface area contributed by atoms with Crippen molar-refractivity contribution in [3.8, 4) is 11.4 Å². The summed E-state index contributed by atoms with van der Waals surface area (Å²) in [5, 5.41) is 13.4. The standard InChI is InChI=1S/C17H18ClN7/c18-15-5-3-4-14(12-15)17-20-22-25(21-17)13-23-8-10-24(11-9-23)16-6-1-2-7-19-16/h1-7,12H,8-11,13H2. The third-order valence-electron chi connectivity index (χ3n) is 4.21. The van der Waals surface area contributed by atoms with Gasteiger partial charge in [-0.2, -0.15) is 0 Å². The molecule has 128 valence electrons. The smallest absolute Gasteiger partial charge is 0.205 e. The van der Waals surface area contributed by atoms with E-state index < -0.39 is 0 Å². The lowest BCUT2D eigenvalue weighted by Crippen LogP contribution is -2.47. The maximum Gasteiger partial charge on any atom is 0.205 e. The fraction of sp³-hybridized carbons (Fsp3) is 0.294. The van der Waals surface area contributed by atoms with E-state index in [2.05, 4.69) is 30.2 Å². The summed E-state index contributed by atoms with van der Waals surface area (Å²) in [5.41, 5.74) is 0.874. The molecule has 1 aliphatic heterocycles. The van der Waals surface area contributed by atoms with Crippen molar-refractivity contribution in [3.05, 3.63) is 53.7 Å². The van der Waals surface area contributed by atoms with Crippen LogP contribution in [-0.4, -0.2) is 56.3 Å². The average Bonchev–Trinajstić information content (AvgIpc) is 3.12. The Bertz CT molecular complexity index is 828. The first-order valence-corrected chi connectivity index (χ1v) is 8.58. The van der Waals surface area contributed by atoms with Crippen molar-refractivity contribution < 1.29 is 0 Å². The molecule has 0 radical (unpaired) electrons. The van der Waals surface area contributed by atoms with Gasteiger partial charge in [-0.05, 0) is 29.5 Å². The highest BCUT2D eigenvalue weighted by Gasteiger charge is 2.19. The van der Waals surface area contributed by atoms with E-state index in [4.69, 9.17) is 11.6 Å². The summed E-state index contributed by atoms with van der Waals surface area (Å²) in [6.07, 6.45) is 1.83. The summed E-state index contributed by atoms with van der Waals surface area (Å²) < 4.78 is 0. The molecule has 1 saturated heterocycles. The van der Waals surface area contributed by atoms with Crippen LogP contribution in [0, 0.1) is 0 Å². The first kappa shape index (κ1) is 16.0. The number of rotatable bonds is 4. The maximum absolute atomic E-state index is 6.02. The predicted octanol–water partition coefficient (Wildman–Crippen LogP) is 2.17. The topological polar surface area (TPSA) is 63.0 Å². The Hall–Kier alpha value is -2.51. The van der Waals surface area contributed by atoms with Crippen LogP contribution in [0.2, 0.25) is 5.02 Å². The zero-order valence-electron chi connectivity index (χ0n) is 13.7. The van der Waals surface area contributed by atoms with Gasteiger partial charge in [-0.1, -0.05) is 29.8 Å². The van der Waals surface area contributed by atoms with Crippen LogP contribution in [0.4, 0.5) is 5.82 Å². The van der Waals surface area contributed by atoms with Crippen molar-refractivity contribution in [3.63, 3.8) is 0 Å². The van der Waals surface area contributed by atoms with Crippen molar-refractivity contribution in [2.45, 2.75) is 6.67 Å². The Morgan fingerprint density at radius 3 is 2.64 bits per heavy atom. The number of aromatic nitrogens is 5. The van der Waals surface area contributed by atoms with Gasteiger partial charge >= 0.3 is 0 Å². The van der Waals surface area contributed by atoms with Crippen LogP contribution < -0.4 is 4.90 Å². The molecule has 3 aromatic rings. The summed E-state index contributed by atoms with van der Waals surface area (Å²) in [4.78, 5) is 10.6. The van der Waals surface area contributed by atoms with Gasteiger partial charge in [0.1, 0.15) is 12.5 Å². The molecule has 0 atom stereocenters. The SMILES string of the molecule is Clc1cccc(-c2nnn(CN3CCN(c4ccccn4)CC3)n2)c1. The van der Waals surface area contributed by atoms with E-state index in [0.717, 1.165) is 37.6 Å². The van der Waals surface area contributed by atoms with Crippen LogP contribution in [0.5, 0.6) is 0 Å². The number of anilines is 1. The minimum absolute atomic E-state index is 0.592. The quantitative estimate of drug-likeness (QED) is 0.714. The van der Waals surface area contributed by atoms with E-state index in [1.165, 1.54) is 0 Å². The molecule has 7 nitrogen and oxygen atoms in total. The van der Waals surface area contributed by atoms with Gasteiger partial charge in [0, 0.05) is 43.0 Å². The Kier molecular flexibility index (Phi) is 4.58. The molecule has 0 N–H and O–H groups in total. The number of hydrogen-bond acceptors (Lipinski definition) is 6. The van der Waals surface area contributed by atoms with Gasteiger partial charge in [0.05, 0.1) is 0 Å². The van der Waals surface area contributed by atoms with Crippen LogP contribution in [-0.2, 0) is 6.67 Å². The van der Waals surface area contributed by atoms with Crippen LogP contribution in [0.3, 0.4) is 0 Å². The number of nitrogens with zero attached hydrogens (tertiary/aromatic N) is 7. The van der Waals surface area contributed by atoms with Gasteiger partial charge in [-0.15, -0.1) is 15.0 Å². The highest BCUT2D eigenvalue weighted by Crippen LogP contribution is 2.18. The van der Waals surface area contributed by atoms with Gasteiger partial charge < -0.3 is 4.90 Å². The first-order valence-electron chi connectivity index (χ1n) is 8.20. The number of halogens is 1. The van der Waals surface area contributed by atoms with Gasteiger partial charge in [-0.25, -0.2) is 4.98 Å². The molecule has 0 bridgehead atoms. The third-order valence-corrected chi connectivity index (χ3v) is 4.44. The average molecular weight is 356 g/mol. The normalized spacial score (nSPS) is 15.5. The summed E-state index contributed by atoms with van der Waals surface area (Å²) in [7, 11) is 0. The molecule has 1 aliphatic rings. The number of tetrazole rings is 1. The minimum Gasteiger partial charge on any atom is -0.354 e. The molecule has 8 heteroatoms. The van der Waals surface area contributed by atoms with E-state index in [1.54, 1.807) is 4.80 Å². The van der Waals surface area contributed by atoms with Crippen molar-refractivity contribution in [1.29, 1.82) is 0 Å². The van der Waals surface area contributed by atoms with E-state index >= 15 is 0 Å². The molecule has 0 saturated carbocycles. The van der Waals surface area contributed by atoms with Crippen LogP contribution in [0.15, 0.2) is 48.7 Å². The summed E-state index contributed by atoms with van der Waals surface area (Å²) in [6, 6.07) is 13.5. The van der Waals surface area contributed by atoms with Gasteiger partial charge in [0.2, 0.25) is 5.82 Å². The van der Waals surface area contributed by atoms with Gasteiger partial charge in [0.25, 0.3) is 0 Å². The number of benzene rings is 1. The molecule has 4 rings (SSSR count). The molecule has 25 heavy (non-hydrogen) atoms. The molecule has 1 fully saturated rings. The molecule has 2 aromatic heterocycles. The highest BCUT2D eigenvalue weighted by molar-refractivity contribution is 6.30. The predicted molar refractivity (Wildman–Crippen MR) is 96.3 cm³/mol. The Labute approximate surface area is 150 Å². The lowest BCUT2D eigenvalue weighted by atomic mass is 10.2. The molecular weight excluding hydrogens is 338 g/mol. The fourth-order valence-electron chi connectivity index (χ4n) is 2.88. The largest absolute Gasteiger partial charge is 0.354 e. The molecule has 1 aromatic carbocycles. The Morgan fingerprint density at radius 2 is 1.88 bits per heavy atom. The number of piperazine rings is 1. The van der Waals surface area contributed by atoms with Crippen molar-refractivity contribution in [2.75, 3.05) is 31.1 Å². The minimum atomic E-state index is 0.592.